The van der Waals surface area contributed by atoms with Crippen LogP contribution >= 0.6 is 0 Å². The molecule has 2 rings (SSSR count). The highest BCUT2D eigenvalue weighted by Crippen LogP contribution is 2.16. The molecular weight excluding hydrogens is 308 g/mol. The van der Waals surface area contributed by atoms with Crippen LogP contribution in [0.15, 0.2) is 48.8 Å². The van der Waals surface area contributed by atoms with E-state index in [1.807, 2.05) is 47.3 Å². The van der Waals surface area contributed by atoms with Crippen molar-refractivity contribution in [2.45, 2.75) is 25.4 Å². The lowest BCUT2D eigenvalue weighted by Gasteiger charge is -2.23. The molecule has 0 aliphatic heterocycles. The number of aryl methyl sites for hydroxylation is 1. The third kappa shape index (κ3) is 5.42. The van der Waals surface area contributed by atoms with Crippen molar-refractivity contribution in [1.29, 1.82) is 0 Å². The van der Waals surface area contributed by atoms with Gasteiger partial charge in [0.15, 0.2) is 0 Å². The van der Waals surface area contributed by atoms with Gasteiger partial charge in [0.2, 0.25) is 0 Å². The maximum Gasteiger partial charge on any atom is 0.317 e. The van der Waals surface area contributed by atoms with Crippen LogP contribution in [-0.4, -0.2) is 45.4 Å². The van der Waals surface area contributed by atoms with Gasteiger partial charge in [-0.2, -0.15) is 5.10 Å². The summed E-state index contributed by atoms with van der Waals surface area (Å²) < 4.78 is 1.81. The number of amides is 2. The van der Waals surface area contributed by atoms with Crippen molar-refractivity contribution in [1.82, 2.24) is 20.0 Å². The van der Waals surface area contributed by atoms with E-state index in [9.17, 15) is 9.59 Å². The van der Waals surface area contributed by atoms with E-state index in [-0.39, 0.29) is 12.5 Å². The number of carbonyl (C=O) groups excluding carboxylic acids is 1. The number of nitrogens with one attached hydrogen (secondary N) is 1. The maximum atomic E-state index is 12.3. The number of carboxylic acids is 1. The number of benzene rings is 1. The highest BCUT2D eigenvalue weighted by molar-refractivity contribution is 5.76. The molecule has 1 atom stereocenters. The van der Waals surface area contributed by atoms with Gasteiger partial charge >= 0.3 is 12.0 Å². The minimum absolute atomic E-state index is 0.156. The first-order valence-corrected chi connectivity index (χ1v) is 7.82. The second kappa shape index (κ2) is 8.71. The Kier molecular flexibility index (Phi) is 6.36. The molecule has 24 heavy (non-hydrogen) atoms. The summed E-state index contributed by atoms with van der Waals surface area (Å²) in [5.74, 6) is -0.953. The monoisotopic (exact) mass is 330 g/mol. The Morgan fingerprint density at radius 3 is 2.67 bits per heavy atom. The Hall–Kier alpha value is -2.83. The Balaban J connectivity index is 1.87. The summed E-state index contributed by atoms with van der Waals surface area (Å²) in [5, 5.41) is 16.0. The predicted molar refractivity (Wildman–Crippen MR) is 89.4 cm³/mol. The van der Waals surface area contributed by atoms with Crippen LogP contribution in [-0.2, 0) is 11.3 Å². The first kappa shape index (κ1) is 17.5. The molecule has 0 fully saturated rings. The maximum absolute atomic E-state index is 12.3. The van der Waals surface area contributed by atoms with Crippen LogP contribution in [0.5, 0.6) is 0 Å². The largest absolute Gasteiger partial charge is 0.481 e. The van der Waals surface area contributed by atoms with Gasteiger partial charge in [-0.3, -0.25) is 9.48 Å². The molecule has 2 N–H and O–H groups in total. The molecule has 0 saturated heterocycles. The molecule has 7 nitrogen and oxygen atoms in total. The fourth-order valence-corrected chi connectivity index (χ4v) is 2.38. The lowest BCUT2D eigenvalue weighted by atomic mass is 10.0. The van der Waals surface area contributed by atoms with Gasteiger partial charge in [-0.05, 0) is 18.1 Å². The van der Waals surface area contributed by atoms with Crippen LogP contribution in [0, 0.1) is 0 Å². The molecule has 7 heteroatoms. The summed E-state index contributed by atoms with van der Waals surface area (Å²) in [5.41, 5.74) is 0.776. The number of hydrogen-bond acceptors (Lipinski definition) is 3. The van der Waals surface area contributed by atoms with E-state index < -0.39 is 12.0 Å². The highest BCUT2D eigenvalue weighted by atomic mass is 16.4. The van der Waals surface area contributed by atoms with Crippen molar-refractivity contribution in [2.24, 2.45) is 0 Å². The van der Waals surface area contributed by atoms with E-state index in [1.165, 1.54) is 0 Å². The lowest BCUT2D eigenvalue weighted by Crippen LogP contribution is -2.40. The van der Waals surface area contributed by atoms with E-state index in [4.69, 9.17) is 5.11 Å². The van der Waals surface area contributed by atoms with Crippen molar-refractivity contribution in [2.75, 3.05) is 13.6 Å². The molecule has 2 aromatic rings. The van der Waals surface area contributed by atoms with Gasteiger partial charge in [-0.1, -0.05) is 30.3 Å². The zero-order valence-corrected chi connectivity index (χ0v) is 13.6. The number of aliphatic carboxylic acids is 1. The number of urea groups is 1. The minimum atomic E-state index is -0.953. The van der Waals surface area contributed by atoms with Crippen LogP contribution in [0.3, 0.4) is 0 Å². The predicted octanol–water partition coefficient (Wildman–Crippen LogP) is 2.13. The van der Waals surface area contributed by atoms with E-state index >= 15 is 0 Å². The van der Waals surface area contributed by atoms with Crippen molar-refractivity contribution in [3.63, 3.8) is 0 Å². The summed E-state index contributed by atoms with van der Waals surface area (Å²) in [6, 6.07) is 10.1. The average molecular weight is 330 g/mol. The van der Waals surface area contributed by atoms with Crippen LogP contribution in [0.25, 0.3) is 0 Å². The van der Waals surface area contributed by atoms with Crippen LogP contribution < -0.4 is 5.32 Å². The normalized spacial score (nSPS) is 11.7. The second-order valence-electron chi connectivity index (χ2n) is 5.55. The molecule has 0 aliphatic carbocycles. The topological polar surface area (TPSA) is 87.5 Å². The average Bonchev–Trinajstić information content (AvgIpc) is 3.08. The number of hydrogen-bond donors (Lipinski definition) is 2. The van der Waals surface area contributed by atoms with Crippen molar-refractivity contribution in [3.8, 4) is 0 Å². The summed E-state index contributed by atoms with van der Waals surface area (Å²) >= 11 is 0. The van der Waals surface area contributed by atoms with E-state index in [1.54, 1.807) is 18.1 Å². The zero-order chi connectivity index (χ0) is 17.4. The van der Waals surface area contributed by atoms with Gasteiger partial charge in [0, 0.05) is 32.5 Å². The smallest absolute Gasteiger partial charge is 0.317 e. The Morgan fingerprint density at radius 1 is 1.29 bits per heavy atom. The van der Waals surface area contributed by atoms with Crippen molar-refractivity contribution < 1.29 is 14.7 Å². The summed E-state index contributed by atoms with van der Waals surface area (Å²) in [4.78, 5) is 24.9. The van der Waals surface area contributed by atoms with E-state index in [0.717, 1.165) is 18.5 Å². The molecule has 0 spiro atoms. The molecule has 1 unspecified atom stereocenters. The van der Waals surface area contributed by atoms with Gasteiger partial charge in [0.05, 0.1) is 12.5 Å². The third-order valence-corrected chi connectivity index (χ3v) is 3.67. The Morgan fingerprint density at radius 2 is 2.04 bits per heavy atom. The number of aromatic nitrogens is 2. The number of nitrogens with zero attached hydrogens (tertiary/aromatic N) is 3. The molecule has 1 aromatic heterocycles. The number of carboxylic acid groups (broad SMARTS) is 1. The lowest BCUT2D eigenvalue weighted by molar-refractivity contribution is -0.137. The molecule has 0 aliphatic rings. The standard InChI is InChI=1S/C17H22N4O3/c1-20(10-6-12-21-11-5-9-18-21)17(24)19-15(13-16(22)23)14-7-3-2-4-8-14/h2-5,7-9,11,15H,6,10,12-13H2,1H3,(H,19,24)(H,22,23). The zero-order valence-electron chi connectivity index (χ0n) is 13.6. The SMILES string of the molecule is CN(CCCn1cccn1)C(=O)NC(CC(=O)O)c1ccccc1. The van der Waals surface area contributed by atoms with Gasteiger partial charge < -0.3 is 15.3 Å². The van der Waals surface area contributed by atoms with Gasteiger partial charge in [-0.25, -0.2) is 4.79 Å². The second-order valence-corrected chi connectivity index (χ2v) is 5.55. The van der Waals surface area contributed by atoms with Crippen LogP contribution in [0.4, 0.5) is 4.79 Å². The first-order chi connectivity index (χ1) is 11.6. The molecule has 0 bridgehead atoms. The molecule has 0 radical (unpaired) electrons. The quantitative estimate of drug-likeness (QED) is 0.776. The third-order valence-electron chi connectivity index (χ3n) is 3.67. The van der Waals surface area contributed by atoms with E-state index in [0.29, 0.717) is 6.54 Å². The molecule has 0 saturated carbocycles. The minimum Gasteiger partial charge on any atom is -0.481 e. The number of rotatable bonds is 8. The molecule has 2 amide bonds. The molecular formula is C17H22N4O3. The van der Waals surface area contributed by atoms with Crippen molar-refractivity contribution in [3.05, 3.63) is 54.4 Å². The fraction of sp³-hybridized carbons (Fsp3) is 0.353. The van der Waals surface area contributed by atoms with Gasteiger partial charge in [-0.15, -0.1) is 0 Å². The Bertz CT molecular complexity index is 643. The van der Waals surface area contributed by atoms with Gasteiger partial charge in [0.25, 0.3) is 0 Å². The highest BCUT2D eigenvalue weighted by Gasteiger charge is 2.19. The Labute approximate surface area is 140 Å². The molecule has 1 heterocycles. The first-order valence-electron chi connectivity index (χ1n) is 7.82. The molecule has 128 valence electrons. The van der Waals surface area contributed by atoms with Crippen molar-refractivity contribution >= 4 is 12.0 Å². The molecule has 1 aromatic carbocycles. The van der Waals surface area contributed by atoms with Gasteiger partial charge in [0.1, 0.15) is 0 Å². The number of carbonyl (C=O) groups is 2. The summed E-state index contributed by atoms with van der Waals surface area (Å²) in [7, 11) is 1.70. The summed E-state index contributed by atoms with van der Waals surface area (Å²) in [6.45, 7) is 1.28. The van der Waals surface area contributed by atoms with E-state index in [2.05, 4.69) is 10.4 Å². The van der Waals surface area contributed by atoms with Crippen LogP contribution in [0.2, 0.25) is 0 Å². The van der Waals surface area contributed by atoms with Crippen LogP contribution in [0.1, 0.15) is 24.4 Å². The fourth-order valence-electron chi connectivity index (χ4n) is 2.38. The summed E-state index contributed by atoms with van der Waals surface area (Å²) in [6.07, 6.45) is 4.20.